The van der Waals surface area contributed by atoms with Gasteiger partial charge in [0.1, 0.15) is 83.5 Å². The fraction of sp³-hybridized carbons (Fsp3) is 0.778. The Hall–Kier alpha value is -3.08. The molecule has 20 atom stereocenters. The zero-order chi connectivity index (χ0) is 67.8. The molecule has 0 spiro atoms. The number of anilines is 1. The molecule has 11 N–H and O–H groups in total. The second kappa shape index (κ2) is 36.0. The highest BCUT2D eigenvalue weighted by Crippen LogP contribution is 2.44. The molecule has 6 rings (SSSR count). The monoisotopic (exact) mass is 1380 g/mol. The summed E-state index contributed by atoms with van der Waals surface area (Å²) in [4.78, 5) is 59.1. The third-order valence-corrected chi connectivity index (χ3v) is 23.0. The molecule has 1 saturated carbocycles. The number of esters is 1. The molecule has 1 aromatic carbocycles. The summed E-state index contributed by atoms with van der Waals surface area (Å²) in [5.74, 6) is -1.17. The van der Waals surface area contributed by atoms with E-state index in [1.165, 1.54) is 52.0 Å². The number of likely N-dealkylation sites (N-methyl/N-ethyl adjacent to an activating group) is 1. The molecule has 29 heteroatoms. The molecular formula is C63H100ClN3O22S3. The topological polar surface area (TPSA) is 363 Å². The fourth-order valence-electron chi connectivity index (χ4n) is 12.4. The Balaban J connectivity index is 1.17. The summed E-state index contributed by atoms with van der Waals surface area (Å²) in [5.41, 5.74) is -3.52. The van der Waals surface area contributed by atoms with Gasteiger partial charge in [-0.05, 0) is 71.1 Å². The summed E-state index contributed by atoms with van der Waals surface area (Å²) in [5, 5.41) is 109. The highest BCUT2D eigenvalue weighted by Gasteiger charge is 2.56. The van der Waals surface area contributed by atoms with Crippen molar-refractivity contribution in [3.8, 4) is 5.75 Å². The Morgan fingerprint density at radius 1 is 0.837 bits per heavy atom. The Morgan fingerprint density at radius 3 is 2.01 bits per heavy atom. The number of aliphatic hydroxyl groups excluding tert-OH is 8. The van der Waals surface area contributed by atoms with Gasteiger partial charge in [-0.2, -0.15) is 35.3 Å². The Kier molecular flexibility index (Phi) is 30.5. The van der Waals surface area contributed by atoms with Crippen molar-refractivity contribution in [1.82, 2.24) is 10.2 Å². The molecule has 4 fully saturated rings. The van der Waals surface area contributed by atoms with Crippen molar-refractivity contribution >= 4 is 76.5 Å². The van der Waals surface area contributed by atoms with Gasteiger partial charge in [0.15, 0.2) is 18.3 Å². The summed E-state index contributed by atoms with van der Waals surface area (Å²) in [6, 6.07) is 2.33. The largest absolute Gasteiger partial charge is 0.495 e. The van der Waals surface area contributed by atoms with Crippen LogP contribution < -0.4 is 15.0 Å². The van der Waals surface area contributed by atoms with E-state index in [2.05, 4.69) is 5.32 Å². The normalized spacial score (nSPS) is 36.9. The molecule has 4 aliphatic heterocycles. The van der Waals surface area contributed by atoms with Gasteiger partial charge in [-0.25, -0.2) is 9.59 Å². The van der Waals surface area contributed by atoms with Gasteiger partial charge in [0.2, 0.25) is 11.8 Å². The molecule has 1 aliphatic carbocycles. The first-order valence-electron chi connectivity index (χ1n) is 31.6. The predicted octanol–water partition coefficient (Wildman–Crippen LogP) is 3.35. The van der Waals surface area contributed by atoms with E-state index in [4.69, 9.17) is 49.5 Å². The number of hydrogen-bond acceptors (Lipinski definition) is 25. The van der Waals surface area contributed by atoms with Gasteiger partial charge in [-0.1, -0.05) is 74.4 Å². The first-order valence-corrected chi connectivity index (χ1v) is 35.1. The van der Waals surface area contributed by atoms with Gasteiger partial charge >= 0.3 is 12.1 Å². The quantitative estimate of drug-likeness (QED) is 0.0621. The van der Waals surface area contributed by atoms with Crippen molar-refractivity contribution in [3.63, 3.8) is 0 Å². The van der Waals surface area contributed by atoms with Crippen molar-refractivity contribution in [2.45, 2.75) is 230 Å². The number of aliphatic hydroxyl groups is 10. The fourth-order valence-corrected chi connectivity index (χ4v) is 16.9. The number of benzene rings is 1. The molecule has 25 nitrogen and oxygen atoms in total. The molecule has 5 aliphatic rings. The predicted molar refractivity (Wildman–Crippen MR) is 347 cm³/mol. The van der Waals surface area contributed by atoms with Crippen LogP contribution in [0.2, 0.25) is 5.02 Å². The minimum absolute atomic E-state index is 0.00438. The van der Waals surface area contributed by atoms with Crippen molar-refractivity contribution < 1.29 is 108 Å². The smallest absolute Gasteiger partial charge is 0.410 e. The number of amides is 3. The maximum Gasteiger partial charge on any atom is 0.410 e. The molecule has 1 aromatic rings. The van der Waals surface area contributed by atoms with Crippen LogP contribution in [0, 0.1) is 5.92 Å². The van der Waals surface area contributed by atoms with Crippen molar-refractivity contribution in [3.05, 3.63) is 46.5 Å². The molecule has 15 unspecified atom stereocenters. The van der Waals surface area contributed by atoms with E-state index in [1.807, 2.05) is 13.0 Å². The lowest BCUT2D eigenvalue weighted by atomic mass is 9.71. The highest BCUT2D eigenvalue weighted by molar-refractivity contribution is 8.04. The molecule has 0 radical (unpaired) electrons. The summed E-state index contributed by atoms with van der Waals surface area (Å²) in [6.07, 6.45) is -5.83. The lowest BCUT2D eigenvalue weighted by molar-refractivity contribution is -0.299. The second-order valence-electron chi connectivity index (χ2n) is 25.2. The van der Waals surface area contributed by atoms with E-state index < -0.39 is 140 Å². The van der Waals surface area contributed by atoms with Gasteiger partial charge < -0.3 is 98.8 Å². The number of nitrogens with one attached hydrogen (secondary N) is 1. The first kappa shape index (κ1) is 77.9. The highest BCUT2D eigenvalue weighted by atomic mass is 35.5. The average Bonchev–Trinajstić information content (AvgIpc) is 0.802. The minimum atomic E-state index is -2.01. The van der Waals surface area contributed by atoms with E-state index in [0.717, 1.165) is 56.1 Å². The van der Waals surface area contributed by atoms with Gasteiger partial charge in [0.05, 0.1) is 51.2 Å². The molecule has 524 valence electrons. The van der Waals surface area contributed by atoms with Crippen LogP contribution in [0.25, 0.3) is 0 Å². The summed E-state index contributed by atoms with van der Waals surface area (Å²) < 4.78 is 46.3. The van der Waals surface area contributed by atoms with Gasteiger partial charge in [-0.3, -0.25) is 14.9 Å². The Bertz CT molecular complexity index is 2610. The number of carbonyl (C=O) groups excluding carboxylic acids is 4. The third kappa shape index (κ3) is 20.7. The van der Waals surface area contributed by atoms with E-state index in [0.29, 0.717) is 41.5 Å². The van der Waals surface area contributed by atoms with Crippen LogP contribution in [-0.4, -0.2) is 264 Å². The molecule has 92 heavy (non-hydrogen) atoms. The van der Waals surface area contributed by atoms with E-state index >= 15 is 0 Å². The minimum Gasteiger partial charge on any atom is -0.495 e. The Labute approximate surface area is 557 Å². The molecule has 3 saturated heterocycles. The average molecular weight is 1380 g/mol. The number of ether oxygens (including phenoxy) is 8. The summed E-state index contributed by atoms with van der Waals surface area (Å²) in [7, 11) is 5.85. The summed E-state index contributed by atoms with van der Waals surface area (Å²) >= 11 is 11.9. The van der Waals surface area contributed by atoms with Crippen LogP contribution in [0.15, 0.2) is 35.9 Å². The van der Waals surface area contributed by atoms with E-state index in [1.54, 1.807) is 73.4 Å². The zero-order valence-electron chi connectivity index (χ0n) is 54.2. The number of halogens is 1. The van der Waals surface area contributed by atoms with Crippen molar-refractivity contribution in [1.29, 1.82) is 0 Å². The van der Waals surface area contributed by atoms with E-state index in [-0.39, 0.29) is 59.2 Å². The number of hydrogen-bond donors (Lipinski definition) is 11. The number of nitrogens with zero attached hydrogens (tertiary/aromatic N) is 2. The molecule has 4 heterocycles. The van der Waals surface area contributed by atoms with Crippen LogP contribution >= 0.6 is 46.9 Å². The number of carbonyl (C=O) groups is 4. The number of alkyl carbamates (subject to hydrolysis) is 1. The van der Waals surface area contributed by atoms with Crippen molar-refractivity contribution in [2.24, 2.45) is 5.92 Å². The molecule has 4 bridgehead atoms. The lowest BCUT2D eigenvalue weighted by Crippen LogP contribution is -2.68. The van der Waals surface area contributed by atoms with Crippen LogP contribution in [0.4, 0.5) is 10.5 Å². The molecule has 3 amide bonds. The van der Waals surface area contributed by atoms with Crippen LogP contribution in [-0.2, 0) is 54.0 Å². The van der Waals surface area contributed by atoms with Gasteiger partial charge in [0.25, 0.3) is 0 Å². The second-order valence-corrected chi connectivity index (χ2v) is 29.7. The van der Waals surface area contributed by atoms with Crippen molar-refractivity contribution in [2.75, 3.05) is 76.9 Å². The number of thioether (sulfide) groups is 3. The number of rotatable bonds is 21. The van der Waals surface area contributed by atoms with Crippen LogP contribution in [0.5, 0.6) is 5.75 Å². The molecule has 0 aromatic heterocycles. The van der Waals surface area contributed by atoms with Gasteiger partial charge in [-0.15, -0.1) is 0 Å². The van der Waals surface area contributed by atoms with E-state index in [9.17, 15) is 70.2 Å². The number of allylic oxidation sites excluding steroid dienone is 3. The maximum absolute atomic E-state index is 14.5. The maximum atomic E-state index is 14.5. The van der Waals surface area contributed by atoms with Crippen LogP contribution in [0.3, 0.4) is 0 Å². The SMILES string of the molecule is COc1cc2cc(c1Cl)N(C)C(=O)CC(OC(=O)[C@H](C)N(C)C(=O)CCSC1CCCCCCCC(SCCOC3OC(CO)C(O)C(O)C3O)C(SCCOC3OC(CO)C(O)C(O)C3O)C1)CC(C)(O)[C@@H](C)[C@@]1(C)C[C@@](O)(NC(=O)O1)[C@@H](OC)/C=C/C=C(/C)C2. The summed E-state index contributed by atoms with van der Waals surface area (Å²) in [6.45, 7) is 7.05. The number of fused-ring (bicyclic) bond motifs is 4. The first-order chi connectivity index (χ1) is 43.5. The van der Waals surface area contributed by atoms with Crippen LogP contribution in [0.1, 0.15) is 117 Å². The van der Waals surface area contributed by atoms with Gasteiger partial charge in [0, 0.05) is 79.4 Å². The molecular weight excluding hydrogens is 1280 g/mol. The lowest BCUT2D eigenvalue weighted by Gasteiger charge is -2.51. The zero-order valence-corrected chi connectivity index (χ0v) is 57.4. The number of methoxy groups -OCH3 is 2. The Morgan fingerprint density at radius 2 is 1.42 bits per heavy atom. The standard InChI is InChI=1S/C63H100ClN3O22S3/c1-35-16-15-19-47(83-9)63(81)34-62(5,89-60(79)65-63)37(3)61(4,80)31-39(29-49(71)67(7)41-27-38(26-35)28-42(82-8)50(41)64)86-57(78)36(2)66(6)48(70)20-23-90-40-17-13-11-10-12-14-18-45(91-24-21-84-58-55(76)53(74)51(72)43(32-68)87-58)46(30-40)92-25-22-85-59-56(77)54(75)52(73)44(33-69)88-59/h15-16,19,27-28,36-37,39-40,43-47,51-56,58-59,68-69,72-77,80-81H,10-14,17-18,20-26,29-34H2,1-9H3,(H,65,79)/b19-15+,35-16-/t36-,37+,39?,40?,43?,44?,45?,46?,47-,51?,52?,53?,54?,55?,56?,58?,59?,61?,62+,63-/m0/s1. The third-order valence-electron chi connectivity index (χ3n) is 18.4.